The summed E-state index contributed by atoms with van der Waals surface area (Å²) in [6.45, 7) is 8.05. The third-order valence-corrected chi connectivity index (χ3v) is 2.90. The lowest BCUT2D eigenvalue weighted by Crippen LogP contribution is -2.43. The van der Waals surface area contributed by atoms with E-state index in [9.17, 15) is 4.79 Å². The number of ether oxygens (including phenoxy) is 1. The van der Waals surface area contributed by atoms with Gasteiger partial charge in [0, 0.05) is 0 Å². The van der Waals surface area contributed by atoms with Crippen LogP contribution in [0.2, 0.25) is 0 Å². The van der Waals surface area contributed by atoms with Crippen molar-refractivity contribution in [1.82, 2.24) is 10.5 Å². The van der Waals surface area contributed by atoms with Gasteiger partial charge in [0.15, 0.2) is 0 Å². The first kappa shape index (κ1) is 16.6. The molecular formula is C15H23BN2O2. The topological polar surface area (TPSA) is 50.4 Å². The normalized spacial score (nSPS) is 12.8. The van der Waals surface area contributed by atoms with Crippen LogP contribution in [0.1, 0.15) is 31.9 Å². The fourth-order valence-electron chi connectivity index (χ4n) is 1.95. The molecule has 1 aromatic rings. The zero-order valence-corrected chi connectivity index (χ0v) is 12.9. The molecule has 0 heterocycles. The van der Waals surface area contributed by atoms with Gasteiger partial charge in [0.05, 0.1) is 6.04 Å². The van der Waals surface area contributed by atoms with E-state index in [0.717, 1.165) is 16.9 Å². The van der Waals surface area contributed by atoms with Crippen molar-refractivity contribution in [2.75, 3.05) is 7.05 Å². The molecule has 0 aromatic heterocycles. The summed E-state index contributed by atoms with van der Waals surface area (Å²) in [5, 5.41) is 5.12. The first-order valence-corrected chi connectivity index (χ1v) is 6.73. The molecule has 0 saturated heterocycles. The molecule has 20 heavy (non-hydrogen) atoms. The summed E-state index contributed by atoms with van der Waals surface area (Å²) in [4.78, 5) is 11.6. The predicted octanol–water partition coefficient (Wildman–Crippen LogP) is 1.50. The molecule has 1 aromatic carbocycles. The summed E-state index contributed by atoms with van der Waals surface area (Å²) in [5.41, 5.74) is 1.89. The Labute approximate surface area is 122 Å². The molecule has 0 fully saturated rings. The summed E-state index contributed by atoms with van der Waals surface area (Å²) in [5.74, 6) is 0.644. The third-order valence-electron chi connectivity index (χ3n) is 2.90. The van der Waals surface area contributed by atoms with Gasteiger partial charge in [0.2, 0.25) is 13.9 Å². The number of benzene rings is 1. The first-order valence-electron chi connectivity index (χ1n) is 6.73. The van der Waals surface area contributed by atoms with Crippen LogP contribution in [0.5, 0.6) is 5.75 Å². The Morgan fingerprint density at radius 2 is 2.05 bits per heavy atom. The van der Waals surface area contributed by atoms with Gasteiger partial charge in [-0.3, -0.25) is 4.79 Å². The highest BCUT2D eigenvalue weighted by Gasteiger charge is 2.17. The highest BCUT2D eigenvalue weighted by Crippen LogP contribution is 2.24. The van der Waals surface area contributed by atoms with Gasteiger partial charge in [0.1, 0.15) is 11.4 Å². The molecule has 2 radical (unpaired) electrons. The Hall–Kier alpha value is -1.49. The zero-order chi connectivity index (χ0) is 15.3. The van der Waals surface area contributed by atoms with Crippen LogP contribution in [0.4, 0.5) is 0 Å². The highest BCUT2D eigenvalue weighted by atomic mass is 16.5. The predicted molar refractivity (Wildman–Crippen MR) is 82.0 cm³/mol. The van der Waals surface area contributed by atoms with Crippen LogP contribution < -0.4 is 15.3 Å². The van der Waals surface area contributed by atoms with Gasteiger partial charge >= 0.3 is 0 Å². The van der Waals surface area contributed by atoms with Gasteiger partial charge in [-0.25, -0.2) is 0 Å². The van der Waals surface area contributed by atoms with Crippen molar-refractivity contribution in [3.8, 4) is 5.75 Å². The second-order valence-corrected chi connectivity index (χ2v) is 5.87. The second-order valence-electron chi connectivity index (χ2n) is 5.87. The Balaban J connectivity index is 2.84. The summed E-state index contributed by atoms with van der Waals surface area (Å²) in [6, 6.07) is 5.62. The largest absolute Gasteiger partial charge is 0.488 e. The van der Waals surface area contributed by atoms with E-state index in [1.54, 1.807) is 7.05 Å². The number of aryl methyl sites for hydroxylation is 1. The van der Waals surface area contributed by atoms with E-state index in [1.165, 1.54) is 0 Å². The van der Waals surface area contributed by atoms with E-state index in [0.29, 0.717) is 6.42 Å². The van der Waals surface area contributed by atoms with Crippen molar-refractivity contribution < 1.29 is 9.53 Å². The standard InChI is InChI=1S/C15H23BN2O2/c1-10-8-11(9-12(17-5)14(19)18-16)6-7-13(10)20-15(2,3)4/h6-8,12,17H,9H2,1-5H3,(H,18,19)/t12-/m0/s1. The van der Waals surface area contributed by atoms with Crippen LogP contribution in [0.3, 0.4) is 0 Å². The maximum absolute atomic E-state index is 11.6. The fraction of sp³-hybridized carbons (Fsp3) is 0.533. The number of carbonyl (C=O) groups excluding carboxylic acids is 1. The summed E-state index contributed by atoms with van der Waals surface area (Å²) in [6.07, 6.45) is 0.580. The molecule has 0 spiro atoms. The number of likely N-dealkylation sites (N-methyl/N-ethyl adjacent to an activating group) is 1. The average Bonchev–Trinajstić information content (AvgIpc) is 2.36. The minimum atomic E-state index is -0.339. The Bertz CT molecular complexity index is 469. The van der Waals surface area contributed by atoms with Gasteiger partial charge < -0.3 is 15.3 Å². The van der Waals surface area contributed by atoms with Crippen molar-refractivity contribution >= 4 is 13.9 Å². The van der Waals surface area contributed by atoms with E-state index in [-0.39, 0.29) is 17.6 Å². The molecule has 108 valence electrons. The van der Waals surface area contributed by atoms with Crippen LogP contribution >= 0.6 is 0 Å². The van der Waals surface area contributed by atoms with Gasteiger partial charge in [0.25, 0.3) is 0 Å². The third kappa shape index (κ3) is 4.89. The lowest BCUT2D eigenvalue weighted by Gasteiger charge is -2.23. The van der Waals surface area contributed by atoms with Crippen molar-refractivity contribution in [1.29, 1.82) is 0 Å². The first-order chi connectivity index (χ1) is 9.26. The molecule has 0 saturated carbocycles. The molecule has 0 aliphatic heterocycles. The van der Waals surface area contributed by atoms with Crippen LogP contribution in [0.15, 0.2) is 18.2 Å². The van der Waals surface area contributed by atoms with Gasteiger partial charge in [-0.05, 0) is 58.4 Å². The Morgan fingerprint density at radius 1 is 1.40 bits per heavy atom. The monoisotopic (exact) mass is 274 g/mol. The number of amides is 1. The molecule has 4 nitrogen and oxygen atoms in total. The average molecular weight is 274 g/mol. The van der Waals surface area contributed by atoms with Gasteiger partial charge in [-0.1, -0.05) is 12.1 Å². The van der Waals surface area contributed by atoms with Crippen molar-refractivity contribution in [2.24, 2.45) is 0 Å². The van der Waals surface area contributed by atoms with Gasteiger partial charge in [-0.15, -0.1) is 0 Å². The molecule has 0 aliphatic rings. The van der Waals surface area contributed by atoms with Crippen LogP contribution in [0.25, 0.3) is 0 Å². The second kappa shape index (κ2) is 6.79. The van der Waals surface area contributed by atoms with E-state index < -0.39 is 0 Å². The van der Waals surface area contributed by atoms with Crippen molar-refractivity contribution in [2.45, 2.75) is 45.8 Å². The molecule has 1 atom stereocenters. The molecule has 5 heteroatoms. The van der Waals surface area contributed by atoms with Crippen LogP contribution in [-0.4, -0.2) is 32.6 Å². The maximum Gasteiger partial charge on any atom is 0.226 e. The van der Waals surface area contributed by atoms with E-state index in [2.05, 4.69) is 10.5 Å². The molecule has 1 rings (SSSR count). The maximum atomic E-state index is 11.6. The van der Waals surface area contributed by atoms with Crippen LogP contribution in [0, 0.1) is 6.92 Å². The lowest BCUT2D eigenvalue weighted by atomic mass is 10.0. The molecule has 0 unspecified atom stereocenters. The summed E-state index contributed by atoms with van der Waals surface area (Å²) < 4.78 is 5.87. The summed E-state index contributed by atoms with van der Waals surface area (Å²) >= 11 is 0. The zero-order valence-electron chi connectivity index (χ0n) is 12.9. The fourth-order valence-corrected chi connectivity index (χ4v) is 1.95. The van der Waals surface area contributed by atoms with E-state index >= 15 is 0 Å². The molecule has 1 amide bonds. The number of hydrogen-bond donors (Lipinski definition) is 2. The van der Waals surface area contributed by atoms with E-state index in [4.69, 9.17) is 12.7 Å². The summed E-state index contributed by atoms with van der Waals surface area (Å²) in [7, 11) is 6.91. The number of carbonyl (C=O) groups is 1. The Morgan fingerprint density at radius 3 is 2.50 bits per heavy atom. The van der Waals surface area contributed by atoms with Crippen LogP contribution in [-0.2, 0) is 11.2 Å². The minimum absolute atomic E-state index is 0.222. The Kier molecular flexibility index (Phi) is 5.63. The van der Waals surface area contributed by atoms with Gasteiger partial charge in [-0.2, -0.15) is 0 Å². The van der Waals surface area contributed by atoms with Crippen molar-refractivity contribution in [3.05, 3.63) is 29.3 Å². The highest BCUT2D eigenvalue weighted by molar-refractivity contribution is 6.15. The molecule has 0 bridgehead atoms. The van der Waals surface area contributed by atoms with E-state index in [1.807, 2.05) is 45.9 Å². The molecule has 0 aliphatic carbocycles. The van der Waals surface area contributed by atoms with Crippen molar-refractivity contribution in [3.63, 3.8) is 0 Å². The smallest absolute Gasteiger partial charge is 0.226 e. The lowest BCUT2D eigenvalue weighted by molar-refractivity contribution is -0.121. The molecule has 2 N–H and O–H groups in total. The quantitative estimate of drug-likeness (QED) is 0.800. The number of hydrogen-bond acceptors (Lipinski definition) is 3. The molecular weight excluding hydrogens is 251 g/mol. The SMILES string of the molecule is [B]NC(=O)[C@H](Cc1ccc(OC(C)(C)C)c(C)c1)NC. The minimum Gasteiger partial charge on any atom is -0.488 e. The number of nitrogens with one attached hydrogen (secondary N) is 2. The number of rotatable bonds is 5.